The summed E-state index contributed by atoms with van der Waals surface area (Å²) < 4.78 is 41.7. The molecule has 1 aromatic heterocycles. The zero-order valence-corrected chi connectivity index (χ0v) is 9.72. The summed E-state index contributed by atoms with van der Waals surface area (Å²) in [6.45, 7) is 1.65. The average molecular weight is 298 g/mol. The Morgan fingerprint density at radius 1 is 1.56 bits per heavy atom. The van der Waals surface area contributed by atoms with Crippen molar-refractivity contribution >= 4 is 21.9 Å². The van der Waals surface area contributed by atoms with Gasteiger partial charge in [0.25, 0.3) is 0 Å². The number of nitrogens with zero attached hydrogens (tertiary/aromatic N) is 1. The fourth-order valence-electron chi connectivity index (χ4n) is 0.955. The van der Waals surface area contributed by atoms with Crippen LogP contribution in [0.3, 0.4) is 0 Å². The molecule has 0 fully saturated rings. The molecule has 0 spiro atoms. The number of esters is 1. The van der Waals surface area contributed by atoms with Gasteiger partial charge in [-0.3, -0.25) is 0 Å². The summed E-state index contributed by atoms with van der Waals surface area (Å²) in [7, 11) is 0. The number of carbonyl (C=O) groups excluding carboxylic acids is 1. The Morgan fingerprint density at radius 3 is 2.69 bits per heavy atom. The van der Waals surface area contributed by atoms with E-state index in [9.17, 15) is 18.0 Å². The van der Waals surface area contributed by atoms with E-state index >= 15 is 0 Å². The van der Waals surface area contributed by atoms with Gasteiger partial charge in [-0.1, -0.05) is 0 Å². The molecule has 0 atom stereocenters. The molecule has 0 aromatic carbocycles. The molecule has 1 aromatic rings. The van der Waals surface area contributed by atoms with Crippen LogP contribution in [-0.2, 0) is 10.9 Å². The van der Waals surface area contributed by atoms with Crippen LogP contribution in [0.25, 0.3) is 0 Å². The lowest BCUT2D eigenvalue weighted by Crippen LogP contribution is -2.11. The summed E-state index contributed by atoms with van der Waals surface area (Å²) >= 11 is 2.89. The number of halogens is 4. The second kappa shape index (κ2) is 4.82. The molecule has 88 valence electrons. The minimum absolute atomic E-state index is 0.0268. The number of carbonyl (C=O) groups is 1. The van der Waals surface area contributed by atoms with Crippen molar-refractivity contribution in [1.82, 2.24) is 4.98 Å². The van der Waals surface area contributed by atoms with Gasteiger partial charge >= 0.3 is 12.1 Å². The van der Waals surface area contributed by atoms with Crippen LogP contribution in [0.15, 0.2) is 16.9 Å². The van der Waals surface area contributed by atoms with Crippen LogP contribution in [0.2, 0.25) is 0 Å². The van der Waals surface area contributed by atoms with E-state index in [1.54, 1.807) is 6.92 Å². The van der Waals surface area contributed by atoms with Crippen LogP contribution >= 0.6 is 15.9 Å². The Kier molecular flexibility index (Phi) is 3.90. The minimum Gasteiger partial charge on any atom is -0.462 e. The lowest BCUT2D eigenvalue weighted by molar-refractivity contribution is -0.137. The second-order valence-electron chi connectivity index (χ2n) is 2.78. The molecule has 7 heteroatoms. The Bertz CT molecular complexity index is 406. The van der Waals surface area contributed by atoms with E-state index in [-0.39, 0.29) is 16.8 Å². The van der Waals surface area contributed by atoms with Crippen molar-refractivity contribution in [2.24, 2.45) is 0 Å². The molecule has 3 nitrogen and oxygen atoms in total. The van der Waals surface area contributed by atoms with E-state index in [1.165, 1.54) is 0 Å². The molecule has 16 heavy (non-hydrogen) atoms. The van der Waals surface area contributed by atoms with E-state index in [2.05, 4.69) is 25.7 Å². The van der Waals surface area contributed by atoms with E-state index in [1.807, 2.05) is 0 Å². The zero-order valence-electron chi connectivity index (χ0n) is 8.14. The van der Waals surface area contributed by atoms with Crippen LogP contribution in [0.4, 0.5) is 13.2 Å². The van der Waals surface area contributed by atoms with Crippen LogP contribution in [0.5, 0.6) is 0 Å². The highest BCUT2D eigenvalue weighted by molar-refractivity contribution is 9.10. The minimum atomic E-state index is -4.53. The molecule has 0 saturated heterocycles. The van der Waals surface area contributed by atoms with Crippen molar-refractivity contribution in [2.75, 3.05) is 6.61 Å². The van der Waals surface area contributed by atoms with Crippen molar-refractivity contribution in [1.29, 1.82) is 0 Å². The van der Waals surface area contributed by atoms with Gasteiger partial charge in [-0.25, -0.2) is 9.78 Å². The molecule has 0 aliphatic carbocycles. The first-order chi connectivity index (χ1) is 7.36. The number of aromatic nitrogens is 1. The van der Waals surface area contributed by atoms with Crippen molar-refractivity contribution < 1.29 is 22.7 Å². The highest BCUT2D eigenvalue weighted by Gasteiger charge is 2.32. The molecule has 0 radical (unpaired) electrons. The first kappa shape index (κ1) is 13.0. The molecule has 1 heterocycles. The molecule has 0 N–H and O–H groups in total. The molecular formula is C9H7BrF3NO2. The summed E-state index contributed by atoms with van der Waals surface area (Å²) in [6, 6.07) is 0.703. The Balaban J connectivity index is 3.14. The van der Waals surface area contributed by atoms with Gasteiger partial charge in [0.15, 0.2) is 0 Å². The third-order valence-corrected chi connectivity index (χ3v) is 2.29. The largest absolute Gasteiger partial charge is 0.462 e. The van der Waals surface area contributed by atoms with Gasteiger partial charge in [-0.05, 0) is 28.9 Å². The Morgan fingerprint density at radius 2 is 2.19 bits per heavy atom. The van der Waals surface area contributed by atoms with Gasteiger partial charge in [0.05, 0.1) is 17.7 Å². The Hall–Kier alpha value is -1.11. The van der Waals surface area contributed by atoms with Gasteiger partial charge in [-0.2, -0.15) is 13.2 Å². The van der Waals surface area contributed by atoms with Crippen molar-refractivity contribution in [3.63, 3.8) is 0 Å². The van der Waals surface area contributed by atoms with Crippen molar-refractivity contribution in [3.8, 4) is 0 Å². The topological polar surface area (TPSA) is 39.2 Å². The number of rotatable bonds is 2. The Labute approximate surface area is 97.8 Å². The average Bonchev–Trinajstić information content (AvgIpc) is 2.16. The number of hydrogen-bond donors (Lipinski definition) is 0. The van der Waals surface area contributed by atoms with Crippen LogP contribution in [0.1, 0.15) is 22.8 Å². The van der Waals surface area contributed by atoms with Crippen molar-refractivity contribution in [3.05, 3.63) is 28.0 Å². The summed E-state index contributed by atoms with van der Waals surface area (Å²) in [6.07, 6.45) is -3.89. The zero-order chi connectivity index (χ0) is 12.3. The standard InChI is InChI=1S/C9H7BrF3NO2/c1-2-16-8(15)6-3-5(9(11,12)13)4-14-7(6)10/h3-4H,2H2,1H3. The first-order valence-electron chi connectivity index (χ1n) is 4.26. The smallest absolute Gasteiger partial charge is 0.417 e. The number of ether oxygens (including phenoxy) is 1. The summed E-state index contributed by atoms with van der Waals surface area (Å²) in [5, 5.41) is 0. The maximum atomic E-state index is 12.3. The number of hydrogen-bond acceptors (Lipinski definition) is 3. The molecule has 0 amide bonds. The summed E-state index contributed by atoms with van der Waals surface area (Å²) in [5.74, 6) is -0.840. The highest BCUT2D eigenvalue weighted by Crippen LogP contribution is 2.30. The molecular weight excluding hydrogens is 291 g/mol. The van der Waals surface area contributed by atoms with Crippen molar-refractivity contribution in [2.45, 2.75) is 13.1 Å². The summed E-state index contributed by atoms with van der Waals surface area (Å²) in [4.78, 5) is 14.7. The fraction of sp³-hybridized carbons (Fsp3) is 0.333. The van der Waals surface area contributed by atoms with E-state index in [0.717, 1.165) is 0 Å². The van der Waals surface area contributed by atoms with Gasteiger partial charge in [0.2, 0.25) is 0 Å². The normalized spacial score (nSPS) is 11.3. The third kappa shape index (κ3) is 2.94. The molecule has 0 unspecified atom stereocenters. The van der Waals surface area contributed by atoms with Crippen LogP contribution in [0, 0.1) is 0 Å². The maximum Gasteiger partial charge on any atom is 0.417 e. The SMILES string of the molecule is CCOC(=O)c1cc(C(F)(F)F)cnc1Br. The predicted molar refractivity (Wildman–Crippen MR) is 52.9 cm³/mol. The maximum absolute atomic E-state index is 12.3. The third-order valence-electron chi connectivity index (χ3n) is 1.66. The quantitative estimate of drug-likeness (QED) is 0.622. The van der Waals surface area contributed by atoms with E-state index < -0.39 is 17.7 Å². The molecule has 0 aliphatic rings. The fourth-order valence-corrected chi connectivity index (χ4v) is 1.33. The van der Waals surface area contributed by atoms with Crippen LogP contribution in [-0.4, -0.2) is 17.6 Å². The number of alkyl halides is 3. The van der Waals surface area contributed by atoms with Gasteiger partial charge in [-0.15, -0.1) is 0 Å². The van der Waals surface area contributed by atoms with E-state index in [4.69, 9.17) is 0 Å². The van der Waals surface area contributed by atoms with Gasteiger partial charge in [0.1, 0.15) is 4.60 Å². The summed E-state index contributed by atoms with van der Waals surface area (Å²) in [5.41, 5.74) is -1.23. The predicted octanol–water partition coefficient (Wildman–Crippen LogP) is 3.04. The molecule has 0 bridgehead atoms. The highest BCUT2D eigenvalue weighted by atomic mass is 79.9. The molecule has 1 rings (SSSR count). The van der Waals surface area contributed by atoms with Gasteiger partial charge < -0.3 is 4.74 Å². The molecule has 0 saturated carbocycles. The lowest BCUT2D eigenvalue weighted by Gasteiger charge is -2.09. The lowest BCUT2D eigenvalue weighted by atomic mass is 10.2. The monoisotopic (exact) mass is 297 g/mol. The van der Waals surface area contributed by atoms with E-state index in [0.29, 0.717) is 12.3 Å². The first-order valence-corrected chi connectivity index (χ1v) is 5.05. The number of pyridine rings is 1. The molecule has 0 aliphatic heterocycles. The van der Waals surface area contributed by atoms with Gasteiger partial charge in [0, 0.05) is 6.20 Å². The second-order valence-corrected chi connectivity index (χ2v) is 3.53. The van der Waals surface area contributed by atoms with Crippen LogP contribution < -0.4 is 0 Å².